The predicted octanol–water partition coefficient (Wildman–Crippen LogP) is 4.24. The molecule has 0 fully saturated rings. The van der Waals surface area contributed by atoms with Crippen molar-refractivity contribution in [3.05, 3.63) is 63.6 Å². The second kappa shape index (κ2) is 7.29. The summed E-state index contributed by atoms with van der Waals surface area (Å²) in [6.07, 6.45) is 0.485. The minimum Gasteiger partial charge on any atom is -0.506 e. The molecule has 2 rings (SSSR count). The van der Waals surface area contributed by atoms with E-state index in [0.717, 1.165) is 0 Å². The van der Waals surface area contributed by atoms with Gasteiger partial charge in [0.2, 0.25) is 0 Å². The molecule has 2 aromatic rings. The normalized spacial score (nSPS) is 11.3. The third kappa shape index (κ3) is 3.78. The van der Waals surface area contributed by atoms with Crippen molar-refractivity contribution < 1.29 is 9.90 Å². The number of amides is 1. The fourth-order valence-electron chi connectivity index (χ4n) is 1.89. The van der Waals surface area contributed by atoms with Crippen molar-refractivity contribution in [2.45, 2.75) is 13.3 Å². The number of phenolic OH excluding ortho intramolecular Hbond substituents is 1. The fourth-order valence-corrected chi connectivity index (χ4v) is 2.38. The van der Waals surface area contributed by atoms with Crippen molar-refractivity contribution in [3.63, 3.8) is 0 Å². The second-order valence-corrected chi connectivity index (χ2v) is 5.35. The molecule has 0 aromatic heterocycles. The zero-order valence-electron chi connectivity index (χ0n) is 11.8. The number of aromatic hydroxyl groups is 1. The highest BCUT2D eigenvalue weighted by molar-refractivity contribution is 6.36. The smallest absolute Gasteiger partial charge is 0.271 e. The number of rotatable bonds is 4. The van der Waals surface area contributed by atoms with Crippen molar-refractivity contribution in [1.82, 2.24) is 5.43 Å². The van der Waals surface area contributed by atoms with Gasteiger partial charge in [-0.1, -0.05) is 48.3 Å². The average Bonchev–Trinajstić information content (AvgIpc) is 2.52. The Morgan fingerprint density at radius 2 is 1.91 bits per heavy atom. The molecule has 0 aliphatic rings. The molecule has 0 saturated heterocycles. The van der Waals surface area contributed by atoms with Gasteiger partial charge in [-0.25, -0.2) is 5.43 Å². The quantitative estimate of drug-likeness (QED) is 0.647. The van der Waals surface area contributed by atoms with Crippen LogP contribution in [0.15, 0.2) is 47.6 Å². The van der Waals surface area contributed by atoms with Crippen LogP contribution in [0.5, 0.6) is 5.75 Å². The maximum Gasteiger partial charge on any atom is 0.271 e. The summed E-state index contributed by atoms with van der Waals surface area (Å²) in [6, 6.07) is 11.7. The number of phenols is 1. The van der Waals surface area contributed by atoms with Gasteiger partial charge in [-0.15, -0.1) is 0 Å². The minimum atomic E-state index is -0.334. The van der Waals surface area contributed by atoms with E-state index in [9.17, 15) is 9.90 Å². The SMILES string of the molecule is CC/C(=N\NC(=O)c1ccccc1)c1cc(Cl)cc(Cl)c1O. The molecular weight excluding hydrogens is 323 g/mol. The van der Waals surface area contributed by atoms with E-state index in [1.165, 1.54) is 6.07 Å². The maximum absolute atomic E-state index is 12.0. The number of carbonyl (C=O) groups excluding carboxylic acids is 1. The van der Waals surface area contributed by atoms with Gasteiger partial charge in [0, 0.05) is 16.1 Å². The van der Waals surface area contributed by atoms with Crippen LogP contribution in [0.4, 0.5) is 0 Å². The lowest BCUT2D eigenvalue weighted by molar-refractivity contribution is 0.0955. The molecule has 6 heteroatoms. The molecule has 114 valence electrons. The Morgan fingerprint density at radius 1 is 1.23 bits per heavy atom. The highest BCUT2D eigenvalue weighted by Crippen LogP contribution is 2.32. The topological polar surface area (TPSA) is 61.7 Å². The minimum absolute atomic E-state index is 0.111. The number of nitrogens with zero attached hydrogens (tertiary/aromatic N) is 1. The van der Waals surface area contributed by atoms with E-state index < -0.39 is 0 Å². The summed E-state index contributed by atoms with van der Waals surface area (Å²) < 4.78 is 0. The summed E-state index contributed by atoms with van der Waals surface area (Å²) in [6.45, 7) is 1.85. The van der Waals surface area contributed by atoms with E-state index in [1.54, 1.807) is 30.3 Å². The van der Waals surface area contributed by atoms with Gasteiger partial charge in [-0.05, 0) is 30.7 Å². The summed E-state index contributed by atoms with van der Waals surface area (Å²) >= 11 is 11.8. The van der Waals surface area contributed by atoms with Gasteiger partial charge >= 0.3 is 0 Å². The molecule has 0 spiro atoms. The predicted molar refractivity (Wildman–Crippen MR) is 88.9 cm³/mol. The van der Waals surface area contributed by atoms with Gasteiger partial charge in [-0.2, -0.15) is 5.10 Å². The molecule has 4 nitrogen and oxygen atoms in total. The monoisotopic (exact) mass is 336 g/mol. The molecule has 2 aromatic carbocycles. The zero-order chi connectivity index (χ0) is 16.1. The molecule has 22 heavy (non-hydrogen) atoms. The molecule has 0 saturated carbocycles. The number of hydrogen-bond acceptors (Lipinski definition) is 3. The number of halogens is 2. The van der Waals surface area contributed by atoms with Gasteiger partial charge in [0.15, 0.2) is 0 Å². The van der Waals surface area contributed by atoms with Gasteiger partial charge in [0.1, 0.15) is 5.75 Å². The zero-order valence-corrected chi connectivity index (χ0v) is 13.3. The third-order valence-electron chi connectivity index (χ3n) is 3.00. The Morgan fingerprint density at radius 3 is 2.55 bits per heavy atom. The molecule has 0 bridgehead atoms. The van der Waals surface area contributed by atoms with E-state index in [-0.39, 0.29) is 16.7 Å². The van der Waals surface area contributed by atoms with Gasteiger partial charge in [0.05, 0.1) is 10.7 Å². The van der Waals surface area contributed by atoms with Crippen molar-refractivity contribution in [2.24, 2.45) is 5.10 Å². The van der Waals surface area contributed by atoms with Crippen LogP contribution in [-0.2, 0) is 0 Å². The van der Waals surface area contributed by atoms with Crippen LogP contribution >= 0.6 is 23.2 Å². The lowest BCUT2D eigenvalue weighted by Gasteiger charge is -2.09. The average molecular weight is 337 g/mol. The summed E-state index contributed by atoms with van der Waals surface area (Å²) in [5.74, 6) is -0.445. The van der Waals surface area contributed by atoms with Crippen LogP contribution in [-0.4, -0.2) is 16.7 Å². The van der Waals surface area contributed by atoms with Gasteiger partial charge in [0.25, 0.3) is 5.91 Å². The fraction of sp³-hybridized carbons (Fsp3) is 0.125. The van der Waals surface area contributed by atoms with Crippen LogP contribution in [0.25, 0.3) is 0 Å². The Labute approximate surface area is 138 Å². The molecule has 2 N–H and O–H groups in total. The molecule has 0 aliphatic heterocycles. The van der Waals surface area contributed by atoms with Crippen LogP contribution in [0.3, 0.4) is 0 Å². The lowest BCUT2D eigenvalue weighted by Crippen LogP contribution is -2.20. The number of nitrogens with one attached hydrogen (secondary N) is 1. The molecule has 0 atom stereocenters. The molecular formula is C16H14Cl2N2O2. The van der Waals surface area contributed by atoms with E-state index in [2.05, 4.69) is 10.5 Å². The first-order valence-corrected chi connectivity index (χ1v) is 7.38. The molecule has 0 heterocycles. The van der Waals surface area contributed by atoms with E-state index in [1.807, 2.05) is 13.0 Å². The lowest BCUT2D eigenvalue weighted by atomic mass is 10.1. The number of benzene rings is 2. The number of hydrazone groups is 1. The summed E-state index contributed by atoms with van der Waals surface area (Å²) in [7, 11) is 0. The molecule has 0 unspecified atom stereocenters. The number of hydrogen-bond donors (Lipinski definition) is 2. The molecule has 0 aliphatic carbocycles. The highest BCUT2D eigenvalue weighted by Gasteiger charge is 2.13. The summed E-state index contributed by atoms with van der Waals surface area (Å²) in [4.78, 5) is 12.0. The standard InChI is InChI=1S/C16H14Cl2N2O2/c1-2-14(12-8-11(17)9-13(18)15(12)21)19-20-16(22)10-6-4-3-5-7-10/h3-9,21H,2H2,1H3,(H,20,22)/b19-14+. The summed E-state index contributed by atoms with van der Waals surface area (Å²) in [5, 5.41) is 14.6. The number of carbonyl (C=O) groups is 1. The van der Waals surface area contributed by atoms with Crippen molar-refractivity contribution in [3.8, 4) is 5.75 Å². The first-order chi connectivity index (χ1) is 10.5. The van der Waals surface area contributed by atoms with Gasteiger partial charge < -0.3 is 5.11 Å². The van der Waals surface area contributed by atoms with Crippen molar-refractivity contribution >= 4 is 34.8 Å². The van der Waals surface area contributed by atoms with Crippen LogP contribution < -0.4 is 5.43 Å². The van der Waals surface area contributed by atoms with Crippen LogP contribution in [0.1, 0.15) is 29.3 Å². The largest absolute Gasteiger partial charge is 0.506 e. The van der Waals surface area contributed by atoms with Crippen LogP contribution in [0.2, 0.25) is 10.0 Å². The van der Waals surface area contributed by atoms with Crippen molar-refractivity contribution in [1.29, 1.82) is 0 Å². The Bertz CT molecular complexity index is 716. The Hall–Kier alpha value is -2.04. The van der Waals surface area contributed by atoms with Crippen LogP contribution in [0, 0.1) is 0 Å². The van der Waals surface area contributed by atoms with Crippen molar-refractivity contribution in [2.75, 3.05) is 0 Å². The second-order valence-electron chi connectivity index (χ2n) is 4.50. The van der Waals surface area contributed by atoms with Gasteiger partial charge in [-0.3, -0.25) is 4.79 Å². The highest BCUT2D eigenvalue weighted by atomic mass is 35.5. The van der Waals surface area contributed by atoms with E-state index >= 15 is 0 Å². The van der Waals surface area contributed by atoms with E-state index in [4.69, 9.17) is 23.2 Å². The third-order valence-corrected chi connectivity index (χ3v) is 3.51. The Kier molecular flexibility index (Phi) is 5.41. The maximum atomic E-state index is 12.0. The summed E-state index contributed by atoms with van der Waals surface area (Å²) in [5.41, 5.74) is 3.84. The first-order valence-electron chi connectivity index (χ1n) is 6.63. The Balaban J connectivity index is 2.27. The first kappa shape index (κ1) is 16.3. The van der Waals surface area contributed by atoms with E-state index in [0.29, 0.717) is 28.3 Å². The molecule has 0 radical (unpaired) electrons. The molecule has 1 amide bonds.